The van der Waals surface area contributed by atoms with Gasteiger partial charge in [0.2, 0.25) is 11.0 Å². The van der Waals surface area contributed by atoms with E-state index in [1.54, 1.807) is 0 Å². The molecule has 1 saturated heterocycles. The van der Waals surface area contributed by atoms with Crippen molar-refractivity contribution in [2.45, 2.75) is 18.2 Å². The number of hydrogen-bond donors (Lipinski definition) is 1. The Morgan fingerprint density at radius 2 is 1.88 bits per heavy atom. The lowest BCUT2D eigenvalue weighted by atomic mass is 10.2. The number of amides is 1. The molecule has 9 heteroatoms. The average molecular weight is 365 g/mol. The summed E-state index contributed by atoms with van der Waals surface area (Å²) in [6, 6.07) is 4.19. The fourth-order valence-corrected chi connectivity index (χ4v) is 4.24. The lowest BCUT2D eigenvalue weighted by molar-refractivity contribution is -0.128. The number of aromatic nitrogens is 3. The molecule has 0 radical (unpaired) electrons. The minimum absolute atomic E-state index is 0.135. The van der Waals surface area contributed by atoms with Gasteiger partial charge in [-0.2, -0.15) is 0 Å². The quantitative estimate of drug-likeness (QED) is 0.824. The van der Waals surface area contributed by atoms with E-state index in [4.69, 9.17) is 5.73 Å². The summed E-state index contributed by atoms with van der Waals surface area (Å²) in [6.07, 6.45) is 0. The Morgan fingerprint density at radius 1 is 1.21 bits per heavy atom. The van der Waals surface area contributed by atoms with Gasteiger partial charge in [0.05, 0.1) is 5.75 Å². The Kier molecular flexibility index (Phi) is 5.20. The summed E-state index contributed by atoms with van der Waals surface area (Å²) in [5, 5.41) is 8.11. The molecule has 7 nitrogen and oxygen atoms in total. The van der Waals surface area contributed by atoms with Crippen LogP contribution in [0.3, 0.4) is 0 Å². The zero-order valence-electron chi connectivity index (χ0n) is 13.7. The van der Waals surface area contributed by atoms with Crippen molar-refractivity contribution in [3.05, 3.63) is 23.5 Å². The molecule has 2 N–H and O–H groups in total. The van der Waals surface area contributed by atoms with E-state index >= 15 is 0 Å². The predicted octanol–water partition coefficient (Wildman–Crippen LogP) is 1.57. The molecular formula is C15H20N6OS2. The van der Waals surface area contributed by atoms with E-state index in [-0.39, 0.29) is 5.91 Å². The topological polar surface area (TPSA) is 88.2 Å². The number of nitrogens with two attached hydrogens (primary N) is 1. The number of rotatable bonds is 4. The summed E-state index contributed by atoms with van der Waals surface area (Å²) in [4.78, 5) is 21.0. The van der Waals surface area contributed by atoms with Crippen molar-refractivity contribution in [2.24, 2.45) is 0 Å². The van der Waals surface area contributed by atoms with Gasteiger partial charge in [0.1, 0.15) is 0 Å². The number of thioether (sulfide) groups is 1. The molecule has 1 fully saturated rings. The van der Waals surface area contributed by atoms with Crippen LogP contribution in [0.1, 0.15) is 11.4 Å². The fourth-order valence-electron chi connectivity index (χ4n) is 2.70. The van der Waals surface area contributed by atoms with Crippen LogP contribution in [0.15, 0.2) is 16.5 Å². The van der Waals surface area contributed by atoms with Gasteiger partial charge in [-0.25, -0.2) is 0 Å². The zero-order valence-corrected chi connectivity index (χ0v) is 15.4. The molecule has 1 aliphatic rings. The molecule has 0 bridgehead atoms. The highest BCUT2D eigenvalue weighted by Gasteiger charge is 2.22. The van der Waals surface area contributed by atoms with Crippen LogP contribution in [0.2, 0.25) is 0 Å². The van der Waals surface area contributed by atoms with Crippen LogP contribution in [0.4, 0.5) is 10.8 Å². The van der Waals surface area contributed by atoms with Crippen LogP contribution in [-0.2, 0) is 4.79 Å². The lowest BCUT2D eigenvalue weighted by Crippen LogP contribution is -2.49. The van der Waals surface area contributed by atoms with Crippen LogP contribution in [0, 0.1) is 13.8 Å². The van der Waals surface area contributed by atoms with Gasteiger partial charge in [-0.3, -0.25) is 9.78 Å². The molecule has 128 valence electrons. The second-order valence-corrected chi connectivity index (χ2v) is 7.90. The first-order valence-corrected chi connectivity index (χ1v) is 9.51. The lowest BCUT2D eigenvalue weighted by Gasteiger charge is -2.36. The van der Waals surface area contributed by atoms with Gasteiger partial charge < -0.3 is 15.5 Å². The van der Waals surface area contributed by atoms with Crippen LogP contribution < -0.4 is 10.6 Å². The summed E-state index contributed by atoms with van der Waals surface area (Å²) in [7, 11) is 0. The van der Waals surface area contributed by atoms with Crippen LogP contribution in [0.25, 0.3) is 0 Å². The van der Waals surface area contributed by atoms with E-state index in [1.165, 1.54) is 28.8 Å². The molecule has 2 aromatic rings. The Bertz CT molecular complexity index is 706. The maximum Gasteiger partial charge on any atom is 0.233 e. The number of carbonyl (C=O) groups is 1. The number of anilines is 2. The molecule has 0 saturated carbocycles. The maximum absolute atomic E-state index is 12.3. The van der Waals surface area contributed by atoms with E-state index in [2.05, 4.69) is 32.2 Å². The number of nitrogens with zero attached hydrogens (tertiary/aromatic N) is 5. The number of nitrogen functional groups attached to an aromatic ring is 1. The summed E-state index contributed by atoms with van der Waals surface area (Å²) in [5.41, 5.74) is 8.78. The molecule has 0 atom stereocenters. The Hall–Kier alpha value is -1.87. The summed E-state index contributed by atoms with van der Waals surface area (Å²) >= 11 is 2.71. The van der Waals surface area contributed by atoms with Gasteiger partial charge in [-0.1, -0.05) is 23.1 Å². The van der Waals surface area contributed by atoms with Gasteiger partial charge in [0.15, 0.2) is 4.34 Å². The van der Waals surface area contributed by atoms with Gasteiger partial charge >= 0.3 is 0 Å². The summed E-state index contributed by atoms with van der Waals surface area (Å²) in [6.45, 7) is 7.16. The second kappa shape index (κ2) is 7.35. The molecular weight excluding hydrogens is 344 g/mol. The minimum Gasteiger partial charge on any atom is -0.374 e. The largest absolute Gasteiger partial charge is 0.374 e. The van der Waals surface area contributed by atoms with Gasteiger partial charge in [-0.15, -0.1) is 10.2 Å². The van der Waals surface area contributed by atoms with Gasteiger partial charge in [-0.05, 0) is 26.0 Å². The molecule has 0 unspecified atom stereocenters. The first kappa shape index (κ1) is 17.0. The summed E-state index contributed by atoms with van der Waals surface area (Å²) < 4.78 is 0.738. The molecule has 0 aromatic carbocycles. The molecule has 1 aliphatic heterocycles. The Labute approximate surface area is 149 Å². The average Bonchev–Trinajstić information content (AvgIpc) is 2.97. The molecule has 2 aromatic heterocycles. The molecule has 0 aliphatic carbocycles. The number of piperazine rings is 1. The van der Waals surface area contributed by atoms with Crippen molar-refractivity contribution in [2.75, 3.05) is 42.6 Å². The number of aryl methyl sites for hydroxylation is 2. The highest BCUT2D eigenvalue weighted by Crippen LogP contribution is 2.24. The van der Waals surface area contributed by atoms with Crippen LogP contribution in [0.5, 0.6) is 0 Å². The normalized spacial score (nSPS) is 14.9. The zero-order chi connectivity index (χ0) is 17.1. The third-order valence-electron chi connectivity index (χ3n) is 3.80. The van der Waals surface area contributed by atoms with Gasteiger partial charge in [0, 0.05) is 43.3 Å². The highest BCUT2D eigenvalue weighted by molar-refractivity contribution is 8.01. The van der Waals surface area contributed by atoms with Crippen molar-refractivity contribution >= 4 is 39.8 Å². The van der Waals surface area contributed by atoms with E-state index in [1.807, 2.05) is 18.7 Å². The smallest absolute Gasteiger partial charge is 0.233 e. The third-order valence-corrected chi connectivity index (χ3v) is 5.68. The van der Waals surface area contributed by atoms with E-state index in [0.29, 0.717) is 10.9 Å². The first-order valence-electron chi connectivity index (χ1n) is 7.71. The monoisotopic (exact) mass is 364 g/mol. The standard InChI is InChI=1S/C15H20N6OS2/c1-10-7-12(8-11(2)17-10)20-3-5-21(6-4-20)13(22)9-23-15-19-18-14(16)24-15/h7-8H,3-6,9H2,1-2H3,(H2,16,18). The molecule has 3 heterocycles. The fraction of sp³-hybridized carbons (Fsp3) is 0.467. The Morgan fingerprint density at radius 3 is 2.46 bits per heavy atom. The van der Waals surface area contributed by atoms with Crippen molar-refractivity contribution in [3.63, 3.8) is 0 Å². The number of pyridine rings is 1. The number of hydrogen-bond acceptors (Lipinski definition) is 8. The number of carbonyl (C=O) groups excluding carboxylic acids is 1. The molecule has 0 spiro atoms. The maximum atomic E-state index is 12.3. The summed E-state index contributed by atoms with van der Waals surface area (Å²) in [5.74, 6) is 0.512. The SMILES string of the molecule is Cc1cc(N2CCN(C(=O)CSc3nnc(N)s3)CC2)cc(C)n1. The van der Waals surface area contributed by atoms with Crippen molar-refractivity contribution in [1.29, 1.82) is 0 Å². The van der Waals surface area contributed by atoms with Crippen LogP contribution in [-0.4, -0.2) is 57.9 Å². The molecule has 3 rings (SSSR count). The van der Waals surface area contributed by atoms with Crippen molar-refractivity contribution < 1.29 is 4.79 Å². The van der Waals surface area contributed by atoms with Crippen LogP contribution >= 0.6 is 23.1 Å². The van der Waals surface area contributed by atoms with E-state index in [9.17, 15) is 4.79 Å². The minimum atomic E-state index is 0.135. The highest BCUT2D eigenvalue weighted by atomic mass is 32.2. The third kappa shape index (κ3) is 4.15. The van der Waals surface area contributed by atoms with E-state index in [0.717, 1.165) is 41.9 Å². The Balaban J connectivity index is 1.51. The first-order chi connectivity index (χ1) is 11.5. The molecule has 1 amide bonds. The molecule has 24 heavy (non-hydrogen) atoms. The predicted molar refractivity (Wildman–Crippen MR) is 97.5 cm³/mol. The van der Waals surface area contributed by atoms with E-state index < -0.39 is 0 Å². The van der Waals surface area contributed by atoms with Crippen molar-refractivity contribution in [1.82, 2.24) is 20.1 Å². The second-order valence-electron chi connectivity index (χ2n) is 5.67. The van der Waals surface area contributed by atoms with Crippen molar-refractivity contribution in [3.8, 4) is 0 Å². The van der Waals surface area contributed by atoms with Gasteiger partial charge in [0.25, 0.3) is 0 Å².